The summed E-state index contributed by atoms with van der Waals surface area (Å²) in [6.45, 7) is 10.1. The van der Waals surface area contributed by atoms with Crippen molar-refractivity contribution in [3.8, 4) is 0 Å². The molecule has 17 heavy (non-hydrogen) atoms. The Bertz CT molecular complexity index is 157. The minimum Gasteiger partial charge on any atom is -0.0885 e. The van der Waals surface area contributed by atoms with Gasteiger partial charge in [-0.25, -0.2) is 0 Å². The molecule has 0 heterocycles. The summed E-state index contributed by atoms with van der Waals surface area (Å²) in [7, 11) is 0. The Morgan fingerprint density at radius 2 is 1.47 bits per heavy atom. The van der Waals surface area contributed by atoms with Gasteiger partial charge in [0, 0.05) is 0 Å². The molecule has 1 atom stereocenters. The van der Waals surface area contributed by atoms with Crippen molar-refractivity contribution in [2.45, 2.75) is 77.6 Å². The number of rotatable bonds is 12. The summed E-state index contributed by atoms with van der Waals surface area (Å²) in [5.41, 5.74) is 0. The van der Waals surface area contributed by atoms with Crippen LogP contribution >= 0.6 is 0 Å². The molecule has 100 valence electrons. The number of unbranched alkanes of at least 4 members (excludes halogenated alkanes) is 7. The van der Waals surface area contributed by atoms with Gasteiger partial charge in [-0.1, -0.05) is 84.3 Å². The summed E-state index contributed by atoms with van der Waals surface area (Å²) < 4.78 is 0. The highest BCUT2D eigenvalue weighted by molar-refractivity contribution is 4.83. The van der Waals surface area contributed by atoms with E-state index in [-0.39, 0.29) is 0 Å². The molecular weight excluding hydrogens is 204 g/mol. The lowest BCUT2D eigenvalue weighted by molar-refractivity contribution is 0.518. The van der Waals surface area contributed by atoms with Gasteiger partial charge in [-0.05, 0) is 25.2 Å². The molecule has 2 radical (unpaired) electrons. The lowest BCUT2D eigenvalue weighted by Gasteiger charge is -2.06. The van der Waals surface area contributed by atoms with Crippen LogP contribution in [0.1, 0.15) is 77.6 Å². The molecule has 0 amide bonds. The number of hydrogen-bond donors (Lipinski definition) is 0. The monoisotopic (exact) mass is 236 g/mol. The first-order chi connectivity index (χ1) is 8.31. The van der Waals surface area contributed by atoms with Crippen molar-refractivity contribution in [3.05, 3.63) is 26.0 Å². The Hall–Kier alpha value is -0.260. The molecule has 0 aromatic heterocycles. The Morgan fingerprint density at radius 3 is 2.18 bits per heavy atom. The molecule has 1 unspecified atom stereocenters. The van der Waals surface area contributed by atoms with Gasteiger partial charge in [0.25, 0.3) is 0 Å². The summed E-state index contributed by atoms with van der Waals surface area (Å²) >= 11 is 0. The second kappa shape index (κ2) is 13.8. The standard InChI is InChI=1S/C17H32/c1-4-6-8-9-10-11-12-13-14-16-17(3)15-7-5-2/h13-14,17H,1-2,4-12,15-16H2,3H3. The zero-order valence-corrected chi connectivity index (χ0v) is 11.9. The Balaban J connectivity index is 3.19. The SMILES string of the molecule is [CH2]CCCCCCCC=CCC(C)CCC[CH2]. The summed E-state index contributed by atoms with van der Waals surface area (Å²) in [5.74, 6) is 0.838. The summed E-state index contributed by atoms with van der Waals surface area (Å²) in [4.78, 5) is 0. The molecule has 0 spiro atoms. The Labute approximate surface area is 110 Å². The number of hydrogen-bond acceptors (Lipinski definition) is 0. The lowest BCUT2D eigenvalue weighted by atomic mass is 10.0. The fraction of sp³-hybridized carbons (Fsp3) is 0.765. The maximum atomic E-state index is 3.89. The Kier molecular flexibility index (Phi) is 13.6. The van der Waals surface area contributed by atoms with Gasteiger partial charge in [-0.15, -0.1) is 0 Å². The van der Waals surface area contributed by atoms with Gasteiger partial charge in [0.2, 0.25) is 0 Å². The van der Waals surface area contributed by atoms with E-state index in [1.807, 2.05) is 0 Å². The molecule has 0 aliphatic carbocycles. The quantitative estimate of drug-likeness (QED) is 0.282. The van der Waals surface area contributed by atoms with Crippen LogP contribution < -0.4 is 0 Å². The van der Waals surface area contributed by atoms with Crippen LogP contribution in [0.4, 0.5) is 0 Å². The van der Waals surface area contributed by atoms with E-state index in [9.17, 15) is 0 Å². The van der Waals surface area contributed by atoms with E-state index in [1.165, 1.54) is 57.8 Å². The zero-order valence-electron chi connectivity index (χ0n) is 11.9. The van der Waals surface area contributed by atoms with Crippen LogP contribution in [0.25, 0.3) is 0 Å². The second-order valence-corrected chi connectivity index (χ2v) is 5.22. The fourth-order valence-electron chi connectivity index (χ4n) is 2.03. The van der Waals surface area contributed by atoms with Crippen LogP contribution in [-0.4, -0.2) is 0 Å². The highest BCUT2D eigenvalue weighted by atomic mass is 14.0. The third-order valence-electron chi connectivity index (χ3n) is 3.27. The van der Waals surface area contributed by atoms with Gasteiger partial charge in [-0.2, -0.15) is 0 Å². The predicted octanol–water partition coefficient (Wildman–Crippen LogP) is 6.14. The lowest BCUT2D eigenvalue weighted by Crippen LogP contribution is -1.91. The molecular formula is C17H32. The third kappa shape index (κ3) is 13.7. The van der Waals surface area contributed by atoms with Gasteiger partial charge in [0.1, 0.15) is 0 Å². The first-order valence-electron chi connectivity index (χ1n) is 7.54. The van der Waals surface area contributed by atoms with Gasteiger partial charge in [0.05, 0.1) is 0 Å². The minimum absolute atomic E-state index is 0.838. The van der Waals surface area contributed by atoms with E-state index in [4.69, 9.17) is 0 Å². The topological polar surface area (TPSA) is 0 Å². The molecule has 0 heteroatoms. The molecule has 0 fully saturated rings. The van der Waals surface area contributed by atoms with Gasteiger partial charge < -0.3 is 0 Å². The largest absolute Gasteiger partial charge is 0.0885 e. The summed E-state index contributed by atoms with van der Waals surface area (Å²) in [5, 5.41) is 0. The van der Waals surface area contributed by atoms with E-state index < -0.39 is 0 Å². The van der Waals surface area contributed by atoms with Gasteiger partial charge in [-0.3, -0.25) is 0 Å². The van der Waals surface area contributed by atoms with Crippen LogP contribution in [0.2, 0.25) is 0 Å². The van der Waals surface area contributed by atoms with Crippen molar-refractivity contribution in [2.75, 3.05) is 0 Å². The summed E-state index contributed by atoms with van der Waals surface area (Å²) in [6.07, 6.45) is 18.9. The van der Waals surface area contributed by atoms with Crippen LogP contribution in [-0.2, 0) is 0 Å². The number of allylic oxidation sites excluding steroid dienone is 2. The van der Waals surface area contributed by atoms with Crippen molar-refractivity contribution >= 4 is 0 Å². The predicted molar refractivity (Wildman–Crippen MR) is 79.8 cm³/mol. The van der Waals surface area contributed by atoms with E-state index in [0.29, 0.717) is 0 Å². The first-order valence-corrected chi connectivity index (χ1v) is 7.54. The molecule has 0 saturated carbocycles. The Morgan fingerprint density at radius 1 is 0.824 bits per heavy atom. The first kappa shape index (κ1) is 16.7. The van der Waals surface area contributed by atoms with Crippen LogP contribution in [0.15, 0.2) is 12.2 Å². The van der Waals surface area contributed by atoms with Crippen molar-refractivity contribution in [2.24, 2.45) is 5.92 Å². The van der Waals surface area contributed by atoms with Gasteiger partial charge in [0.15, 0.2) is 0 Å². The van der Waals surface area contributed by atoms with E-state index in [2.05, 4.69) is 32.9 Å². The van der Waals surface area contributed by atoms with Crippen LogP contribution in [0.5, 0.6) is 0 Å². The smallest absolute Gasteiger partial charge is 0.0325 e. The summed E-state index contributed by atoms with van der Waals surface area (Å²) in [6, 6.07) is 0. The van der Waals surface area contributed by atoms with Crippen molar-refractivity contribution in [1.29, 1.82) is 0 Å². The zero-order chi connectivity index (χ0) is 12.8. The minimum atomic E-state index is 0.838. The van der Waals surface area contributed by atoms with Crippen molar-refractivity contribution in [1.82, 2.24) is 0 Å². The van der Waals surface area contributed by atoms with Crippen molar-refractivity contribution in [3.63, 3.8) is 0 Å². The average molecular weight is 236 g/mol. The maximum Gasteiger partial charge on any atom is -0.0325 e. The average Bonchev–Trinajstić information content (AvgIpc) is 2.34. The molecule has 0 N–H and O–H groups in total. The molecule has 0 rings (SSSR count). The van der Waals surface area contributed by atoms with E-state index >= 15 is 0 Å². The molecule has 0 aromatic rings. The molecule has 0 bridgehead atoms. The van der Waals surface area contributed by atoms with Gasteiger partial charge >= 0.3 is 0 Å². The fourth-order valence-corrected chi connectivity index (χ4v) is 2.03. The molecule has 0 saturated heterocycles. The normalized spacial score (nSPS) is 13.4. The van der Waals surface area contributed by atoms with Crippen LogP contribution in [0.3, 0.4) is 0 Å². The highest BCUT2D eigenvalue weighted by Gasteiger charge is 1.97. The highest BCUT2D eigenvalue weighted by Crippen LogP contribution is 2.13. The van der Waals surface area contributed by atoms with E-state index in [1.54, 1.807) is 0 Å². The molecule has 0 aliphatic heterocycles. The third-order valence-corrected chi connectivity index (χ3v) is 3.27. The van der Waals surface area contributed by atoms with E-state index in [0.717, 1.165) is 18.8 Å². The molecule has 0 aliphatic rings. The second-order valence-electron chi connectivity index (χ2n) is 5.22. The van der Waals surface area contributed by atoms with Crippen molar-refractivity contribution < 1.29 is 0 Å². The maximum absolute atomic E-state index is 3.89. The molecule has 0 nitrogen and oxygen atoms in total. The molecule has 0 aromatic carbocycles. The van der Waals surface area contributed by atoms with Crippen LogP contribution in [0, 0.1) is 19.8 Å².